The van der Waals surface area contributed by atoms with Crippen LogP contribution in [0.1, 0.15) is 23.7 Å². The minimum absolute atomic E-state index is 0.0387. The maximum atomic E-state index is 14.5. The number of amidine groups is 1. The third-order valence-electron chi connectivity index (χ3n) is 5.13. The van der Waals surface area contributed by atoms with Crippen molar-refractivity contribution < 1.29 is 22.3 Å². The summed E-state index contributed by atoms with van der Waals surface area (Å²) in [6.45, 7) is -0.0387. The molecule has 3 atom stereocenters. The first-order valence-corrected chi connectivity index (χ1v) is 9.38. The number of benzene rings is 2. The number of thioether (sulfide) groups is 1. The third-order valence-corrected chi connectivity index (χ3v) is 6.08. The Hall–Kier alpha value is -2.06. The van der Waals surface area contributed by atoms with E-state index in [1.165, 1.54) is 36.0 Å². The second-order valence-corrected chi connectivity index (χ2v) is 7.75. The molecule has 0 aliphatic carbocycles. The van der Waals surface area contributed by atoms with Crippen molar-refractivity contribution in [1.82, 2.24) is 0 Å². The number of aliphatic imine (C=N–C) groups is 1. The lowest BCUT2D eigenvalue weighted by Crippen LogP contribution is -2.48. The fourth-order valence-electron chi connectivity index (χ4n) is 3.79. The lowest BCUT2D eigenvalue weighted by Gasteiger charge is -2.46. The van der Waals surface area contributed by atoms with Gasteiger partial charge < -0.3 is 10.5 Å². The second-order valence-electron chi connectivity index (χ2n) is 6.71. The maximum absolute atomic E-state index is 14.5. The lowest BCUT2D eigenvalue weighted by atomic mass is 9.74. The first-order chi connectivity index (χ1) is 12.9. The highest BCUT2D eigenvalue weighted by Gasteiger charge is 2.49. The summed E-state index contributed by atoms with van der Waals surface area (Å²) in [5, 5.41) is 0.296. The number of nitrogens with zero attached hydrogens (tertiary/aromatic N) is 1. The zero-order valence-electron chi connectivity index (χ0n) is 14.1. The van der Waals surface area contributed by atoms with Crippen molar-refractivity contribution in [3.63, 3.8) is 0 Å². The Morgan fingerprint density at radius 3 is 2.44 bits per heavy atom. The van der Waals surface area contributed by atoms with Crippen LogP contribution in [0.4, 0.5) is 17.6 Å². The summed E-state index contributed by atoms with van der Waals surface area (Å²) in [5.74, 6) is -2.44. The first kappa shape index (κ1) is 18.3. The molecule has 2 aliphatic heterocycles. The summed E-state index contributed by atoms with van der Waals surface area (Å²) in [4.78, 5) is 4.48. The Morgan fingerprint density at radius 1 is 1.04 bits per heavy atom. The molecule has 4 rings (SSSR count). The first-order valence-electron chi connectivity index (χ1n) is 8.39. The van der Waals surface area contributed by atoms with Crippen LogP contribution in [0.2, 0.25) is 0 Å². The van der Waals surface area contributed by atoms with Crippen LogP contribution in [-0.4, -0.2) is 17.5 Å². The topological polar surface area (TPSA) is 47.6 Å². The van der Waals surface area contributed by atoms with E-state index in [1.54, 1.807) is 0 Å². The summed E-state index contributed by atoms with van der Waals surface area (Å²) < 4.78 is 61.1. The highest BCUT2D eigenvalue weighted by atomic mass is 32.2. The molecule has 2 aromatic rings. The molecule has 142 valence electrons. The van der Waals surface area contributed by atoms with Gasteiger partial charge in [0, 0.05) is 34.9 Å². The summed E-state index contributed by atoms with van der Waals surface area (Å²) in [5.41, 5.74) is 5.24. The smallest absolute Gasteiger partial charge is 0.154 e. The van der Waals surface area contributed by atoms with Gasteiger partial charge in [0.2, 0.25) is 0 Å². The van der Waals surface area contributed by atoms with E-state index in [0.717, 1.165) is 12.1 Å². The Bertz CT molecular complexity index is 923. The number of nitrogens with two attached hydrogens (primary N) is 1. The van der Waals surface area contributed by atoms with Gasteiger partial charge in [-0.05, 0) is 18.6 Å². The quantitative estimate of drug-likeness (QED) is 0.771. The molecule has 0 spiro atoms. The minimum atomic E-state index is -1.10. The summed E-state index contributed by atoms with van der Waals surface area (Å²) in [6, 6.07) is 6.67. The third kappa shape index (κ3) is 3.21. The van der Waals surface area contributed by atoms with E-state index in [9.17, 15) is 17.6 Å². The predicted octanol–water partition coefficient (Wildman–Crippen LogP) is 4.28. The van der Waals surface area contributed by atoms with Gasteiger partial charge in [0.25, 0.3) is 0 Å². The fourth-order valence-corrected chi connectivity index (χ4v) is 4.80. The molecule has 1 fully saturated rings. The molecule has 0 unspecified atom stereocenters. The molecule has 0 amide bonds. The van der Waals surface area contributed by atoms with Gasteiger partial charge in [0.15, 0.2) is 5.17 Å². The van der Waals surface area contributed by atoms with Crippen LogP contribution in [-0.2, 0) is 10.3 Å². The molecule has 8 heteroatoms. The highest BCUT2D eigenvalue weighted by Crippen LogP contribution is 2.49. The molecule has 2 heterocycles. The Morgan fingerprint density at radius 2 is 1.74 bits per heavy atom. The highest BCUT2D eigenvalue weighted by molar-refractivity contribution is 8.13. The van der Waals surface area contributed by atoms with E-state index in [0.29, 0.717) is 17.3 Å². The molecule has 27 heavy (non-hydrogen) atoms. The van der Waals surface area contributed by atoms with E-state index in [2.05, 4.69) is 4.99 Å². The van der Waals surface area contributed by atoms with E-state index in [1.807, 2.05) is 0 Å². The van der Waals surface area contributed by atoms with Crippen molar-refractivity contribution in [2.45, 2.75) is 18.1 Å². The van der Waals surface area contributed by atoms with Crippen LogP contribution in [0.5, 0.6) is 0 Å². The van der Waals surface area contributed by atoms with Crippen LogP contribution in [0.3, 0.4) is 0 Å². The van der Waals surface area contributed by atoms with Gasteiger partial charge in [0.05, 0.1) is 12.7 Å². The average Bonchev–Trinajstić information content (AvgIpc) is 2.61. The normalized spacial score (nSPS) is 27.8. The van der Waals surface area contributed by atoms with Crippen LogP contribution >= 0.6 is 11.8 Å². The van der Waals surface area contributed by atoms with E-state index in [4.69, 9.17) is 10.5 Å². The van der Waals surface area contributed by atoms with Gasteiger partial charge in [0.1, 0.15) is 28.8 Å². The average molecular weight is 396 g/mol. The van der Waals surface area contributed by atoms with Crippen LogP contribution in [0.15, 0.2) is 41.4 Å². The van der Waals surface area contributed by atoms with Gasteiger partial charge in [-0.25, -0.2) is 22.6 Å². The largest absolute Gasteiger partial charge is 0.379 e. The number of halogens is 4. The van der Waals surface area contributed by atoms with Crippen LogP contribution < -0.4 is 5.73 Å². The van der Waals surface area contributed by atoms with Gasteiger partial charge in [-0.2, -0.15) is 0 Å². The van der Waals surface area contributed by atoms with E-state index in [-0.39, 0.29) is 23.7 Å². The summed E-state index contributed by atoms with van der Waals surface area (Å²) >= 11 is 1.33. The van der Waals surface area contributed by atoms with Gasteiger partial charge in [-0.15, -0.1) is 0 Å². The molecular weight excluding hydrogens is 380 g/mol. The molecule has 3 nitrogen and oxygen atoms in total. The Labute approximate surface area is 157 Å². The van der Waals surface area contributed by atoms with Gasteiger partial charge in [-0.1, -0.05) is 23.9 Å². The summed E-state index contributed by atoms with van der Waals surface area (Å²) in [7, 11) is 0. The van der Waals surface area contributed by atoms with Gasteiger partial charge >= 0.3 is 0 Å². The predicted molar refractivity (Wildman–Crippen MR) is 95.3 cm³/mol. The molecular formula is C19H16F4N2OS. The maximum Gasteiger partial charge on any atom is 0.154 e. The minimum Gasteiger partial charge on any atom is -0.379 e. The lowest BCUT2D eigenvalue weighted by molar-refractivity contribution is -0.0601. The number of ether oxygens (including phenoxy) is 1. The fraction of sp³-hybridized carbons (Fsp3) is 0.316. The monoisotopic (exact) mass is 396 g/mol. The molecule has 0 bridgehead atoms. The standard InChI is InChI=1S/C19H16F4N2OS/c20-11-1-3-13(15(22)6-11)17-5-10-8-27-18(24)25-19(10,9-26-17)14-4-2-12(21)7-16(14)23/h1-4,6-7,10,17H,5,8-9H2,(H2,24,25)/t10-,17+,19-/m0/s1. The number of hydrogen-bond acceptors (Lipinski definition) is 4. The molecule has 0 aromatic heterocycles. The number of hydrogen-bond donors (Lipinski definition) is 1. The number of rotatable bonds is 2. The Balaban J connectivity index is 1.72. The molecule has 1 saturated heterocycles. The molecule has 2 N–H and O–H groups in total. The zero-order valence-corrected chi connectivity index (χ0v) is 14.9. The van der Waals surface area contributed by atoms with Crippen molar-refractivity contribution >= 4 is 16.9 Å². The molecule has 0 radical (unpaired) electrons. The van der Waals surface area contributed by atoms with Crippen molar-refractivity contribution in [2.75, 3.05) is 12.4 Å². The van der Waals surface area contributed by atoms with Crippen molar-refractivity contribution in [1.29, 1.82) is 0 Å². The van der Waals surface area contributed by atoms with Crippen LogP contribution in [0, 0.1) is 29.2 Å². The zero-order chi connectivity index (χ0) is 19.2. The molecule has 2 aliphatic rings. The van der Waals surface area contributed by atoms with Gasteiger partial charge in [-0.3, -0.25) is 0 Å². The Kier molecular flexibility index (Phi) is 4.63. The van der Waals surface area contributed by atoms with Crippen molar-refractivity contribution in [2.24, 2.45) is 16.6 Å². The SMILES string of the molecule is NC1=N[C@@]2(c3ccc(F)cc3F)CO[C@@H](c3ccc(F)cc3F)C[C@H]2CS1. The van der Waals surface area contributed by atoms with E-state index >= 15 is 0 Å². The van der Waals surface area contributed by atoms with E-state index < -0.39 is 34.9 Å². The second kappa shape index (κ2) is 6.83. The molecule has 2 aromatic carbocycles. The molecule has 0 saturated carbocycles. The van der Waals surface area contributed by atoms with Crippen molar-refractivity contribution in [3.05, 3.63) is 70.8 Å². The van der Waals surface area contributed by atoms with Crippen LogP contribution in [0.25, 0.3) is 0 Å². The van der Waals surface area contributed by atoms with Crippen molar-refractivity contribution in [3.8, 4) is 0 Å². The summed E-state index contributed by atoms with van der Waals surface area (Å²) in [6.07, 6.45) is -0.259. The number of fused-ring (bicyclic) bond motifs is 1.